The number of sulfonamides is 1. The molecule has 1 atom stereocenters. The summed E-state index contributed by atoms with van der Waals surface area (Å²) in [6.07, 6.45) is -4.76. The molecule has 1 aliphatic rings. The number of benzene rings is 1. The SMILES string of the molecule is COCCNC(=O)[C@@H](C)[NH+]1CCN(S(=O)(=O)c2ccccc2C(F)(F)F)CC1. The lowest BCUT2D eigenvalue weighted by molar-refractivity contribution is -0.917. The van der Waals surface area contributed by atoms with E-state index in [1.165, 1.54) is 13.2 Å². The van der Waals surface area contributed by atoms with Gasteiger partial charge < -0.3 is 15.0 Å². The fourth-order valence-corrected chi connectivity index (χ4v) is 4.78. The van der Waals surface area contributed by atoms with Crippen molar-refractivity contribution in [3.05, 3.63) is 29.8 Å². The number of rotatable bonds is 7. The van der Waals surface area contributed by atoms with Gasteiger partial charge in [0.05, 0.1) is 43.2 Å². The molecule has 7 nitrogen and oxygen atoms in total. The fourth-order valence-electron chi connectivity index (χ4n) is 3.13. The van der Waals surface area contributed by atoms with Crippen LogP contribution >= 0.6 is 0 Å². The molecule has 11 heteroatoms. The van der Waals surface area contributed by atoms with Crippen LogP contribution in [0.1, 0.15) is 12.5 Å². The number of carbonyl (C=O) groups is 1. The molecule has 0 unspecified atom stereocenters. The van der Waals surface area contributed by atoms with Crippen molar-refractivity contribution in [2.24, 2.45) is 0 Å². The standard InChI is InChI=1S/C17H24F3N3O4S/c1-13(16(24)21-7-12-27-2)22-8-10-23(11-9-22)28(25,26)15-6-4-3-5-14(15)17(18,19)20/h3-6,13H,7-12H2,1-2H3,(H,21,24)/p+1/t13-/m1/s1. The molecule has 158 valence electrons. The second kappa shape index (κ2) is 9.21. The lowest BCUT2D eigenvalue weighted by Gasteiger charge is -2.34. The van der Waals surface area contributed by atoms with Gasteiger partial charge in [-0.3, -0.25) is 4.79 Å². The average molecular weight is 424 g/mol. The first kappa shape index (κ1) is 22.6. The Morgan fingerprint density at radius 2 is 1.89 bits per heavy atom. The highest BCUT2D eigenvalue weighted by Gasteiger charge is 2.40. The molecular weight excluding hydrogens is 399 g/mol. The first-order valence-electron chi connectivity index (χ1n) is 8.86. The number of hydrogen-bond acceptors (Lipinski definition) is 4. The minimum Gasteiger partial charge on any atom is -0.383 e. The van der Waals surface area contributed by atoms with Gasteiger partial charge >= 0.3 is 6.18 Å². The van der Waals surface area contributed by atoms with Crippen molar-refractivity contribution in [2.45, 2.75) is 24.0 Å². The minimum atomic E-state index is -4.76. The van der Waals surface area contributed by atoms with Gasteiger partial charge in [-0.1, -0.05) is 12.1 Å². The highest BCUT2D eigenvalue weighted by atomic mass is 32.2. The summed E-state index contributed by atoms with van der Waals surface area (Å²) in [5.74, 6) is -0.175. The summed E-state index contributed by atoms with van der Waals surface area (Å²) < 4.78 is 71.0. The van der Waals surface area contributed by atoms with Crippen molar-refractivity contribution in [1.29, 1.82) is 0 Å². The number of ether oxygens (including phenoxy) is 1. The van der Waals surface area contributed by atoms with E-state index in [0.717, 1.165) is 27.4 Å². The molecule has 0 saturated carbocycles. The number of amides is 1. The molecular formula is C17H25F3N3O4S+. The van der Waals surface area contributed by atoms with Crippen LogP contribution in [0.5, 0.6) is 0 Å². The zero-order chi connectivity index (χ0) is 20.9. The summed E-state index contributed by atoms with van der Waals surface area (Å²) in [6, 6.07) is 3.78. The lowest BCUT2D eigenvalue weighted by Crippen LogP contribution is -3.19. The second-order valence-corrected chi connectivity index (χ2v) is 8.47. The third-order valence-electron chi connectivity index (χ3n) is 4.79. The first-order valence-corrected chi connectivity index (χ1v) is 10.3. The number of piperazine rings is 1. The van der Waals surface area contributed by atoms with Gasteiger partial charge in [0.25, 0.3) is 5.91 Å². The number of carbonyl (C=O) groups excluding carboxylic acids is 1. The zero-order valence-corrected chi connectivity index (χ0v) is 16.6. The maximum atomic E-state index is 13.2. The third-order valence-corrected chi connectivity index (χ3v) is 6.74. The zero-order valence-electron chi connectivity index (χ0n) is 15.8. The van der Waals surface area contributed by atoms with E-state index in [-0.39, 0.29) is 19.0 Å². The molecule has 2 rings (SSSR count). The molecule has 1 saturated heterocycles. The third kappa shape index (κ3) is 5.22. The van der Waals surface area contributed by atoms with E-state index < -0.39 is 32.7 Å². The Bertz CT molecular complexity index is 778. The molecule has 1 aliphatic heterocycles. The van der Waals surface area contributed by atoms with Gasteiger partial charge in [0, 0.05) is 13.7 Å². The van der Waals surface area contributed by atoms with Crippen molar-refractivity contribution < 1.29 is 36.0 Å². The largest absolute Gasteiger partial charge is 0.417 e. The van der Waals surface area contributed by atoms with Crippen LogP contribution in [0.25, 0.3) is 0 Å². The molecule has 0 spiro atoms. The predicted octanol–water partition coefficient (Wildman–Crippen LogP) is -0.254. The Hall–Kier alpha value is -1.69. The summed E-state index contributed by atoms with van der Waals surface area (Å²) in [4.78, 5) is 12.3. The average Bonchev–Trinajstić information content (AvgIpc) is 2.67. The highest BCUT2D eigenvalue weighted by Crippen LogP contribution is 2.35. The molecule has 0 radical (unpaired) electrons. The number of nitrogens with one attached hydrogen (secondary N) is 2. The van der Waals surface area contributed by atoms with Gasteiger partial charge in [-0.2, -0.15) is 17.5 Å². The van der Waals surface area contributed by atoms with E-state index >= 15 is 0 Å². The van der Waals surface area contributed by atoms with Crippen molar-refractivity contribution in [1.82, 2.24) is 9.62 Å². The second-order valence-electron chi connectivity index (χ2n) is 6.56. The fraction of sp³-hybridized carbons (Fsp3) is 0.588. The normalized spacial score (nSPS) is 18.0. The monoisotopic (exact) mass is 424 g/mol. The van der Waals surface area contributed by atoms with Crippen LogP contribution in [0.15, 0.2) is 29.2 Å². The maximum Gasteiger partial charge on any atom is 0.417 e. The van der Waals surface area contributed by atoms with E-state index in [0.29, 0.717) is 26.2 Å². The van der Waals surface area contributed by atoms with E-state index in [1.54, 1.807) is 6.92 Å². The van der Waals surface area contributed by atoms with Gasteiger partial charge in [0.1, 0.15) is 0 Å². The molecule has 0 bridgehead atoms. The Kier molecular flexibility index (Phi) is 7.43. The summed E-state index contributed by atoms with van der Waals surface area (Å²) in [5.41, 5.74) is -1.17. The van der Waals surface area contributed by atoms with Crippen molar-refractivity contribution in [2.75, 3.05) is 46.4 Å². The Morgan fingerprint density at radius 3 is 2.46 bits per heavy atom. The van der Waals surface area contributed by atoms with Gasteiger partial charge in [0.15, 0.2) is 6.04 Å². The number of alkyl halides is 3. The van der Waals surface area contributed by atoms with Crippen LogP contribution in [0.2, 0.25) is 0 Å². The van der Waals surface area contributed by atoms with Crippen molar-refractivity contribution >= 4 is 15.9 Å². The molecule has 1 aromatic rings. The Labute approximate surface area is 162 Å². The summed E-state index contributed by atoms with van der Waals surface area (Å²) in [5, 5.41) is 2.73. The molecule has 0 aliphatic carbocycles. The van der Waals surface area contributed by atoms with E-state index in [9.17, 15) is 26.4 Å². The van der Waals surface area contributed by atoms with Crippen molar-refractivity contribution in [3.63, 3.8) is 0 Å². The summed E-state index contributed by atoms with van der Waals surface area (Å²) >= 11 is 0. The number of quaternary nitrogens is 1. The quantitative estimate of drug-likeness (QED) is 0.592. The van der Waals surface area contributed by atoms with E-state index in [2.05, 4.69) is 5.32 Å². The minimum absolute atomic E-state index is 0.0412. The molecule has 2 N–H and O–H groups in total. The van der Waals surface area contributed by atoms with Gasteiger partial charge in [0.2, 0.25) is 10.0 Å². The predicted molar refractivity (Wildman–Crippen MR) is 95.2 cm³/mol. The Morgan fingerprint density at radius 1 is 1.29 bits per heavy atom. The van der Waals surface area contributed by atoms with E-state index in [1.807, 2.05) is 0 Å². The summed E-state index contributed by atoms with van der Waals surface area (Å²) in [6.45, 7) is 3.23. The molecule has 1 heterocycles. The van der Waals surface area contributed by atoms with Gasteiger partial charge in [-0.15, -0.1) is 0 Å². The van der Waals surface area contributed by atoms with Gasteiger partial charge in [-0.25, -0.2) is 8.42 Å². The lowest BCUT2D eigenvalue weighted by atomic mass is 10.2. The summed E-state index contributed by atoms with van der Waals surface area (Å²) in [7, 11) is -2.75. The molecule has 1 fully saturated rings. The number of hydrogen-bond donors (Lipinski definition) is 2. The molecule has 1 amide bonds. The first-order chi connectivity index (χ1) is 13.1. The van der Waals surface area contributed by atoms with Crippen LogP contribution < -0.4 is 10.2 Å². The van der Waals surface area contributed by atoms with E-state index in [4.69, 9.17) is 4.74 Å². The number of nitrogens with zero attached hydrogens (tertiary/aromatic N) is 1. The maximum absolute atomic E-state index is 13.2. The smallest absolute Gasteiger partial charge is 0.383 e. The van der Waals surface area contributed by atoms with Gasteiger partial charge in [-0.05, 0) is 19.1 Å². The van der Waals surface area contributed by atoms with Crippen LogP contribution in [-0.4, -0.2) is 71.1 Å². The van der Waals surface area contributed by atoms with Crippen LogP contribution in [0, 0.1) is 0 Å². The number of methoxy groups -OCH3 is 1. The van der Waals surface area contributed by atoms with Crippen LogP contribution in [-0.2, 0) is 25.7 Å². The number of halogens is 3. The molecule has 28 heavy (non-hydrogen) atoms. The topological polar surface area (TPSA) is 80.2 Å². The Balaban J connectivity index is 2.06. The van der Waals surface area contributed by atoms with Crippen LogP contribution in [0.4, 0.5) is 13.2 Å². The van der Waals surface area contributed by atoms with Crippen LogP contribution in [0.3, 0.4) is 0 Å². The molecule has 0 aromatic heterocycles. The molecule has 1 aromatic carbocycles. The highest BCUT2D eigenvalue weighted by molar-refractivity contribution is 7.89. The van der Waals surface area contributed by atoms with Crippen molar-refractivity contribution in [3.8, 4) is 0 Å².